The third-order valence-electron chi connectivity index (χ3n) is 1.87. The summed E-state index contributed by atoms with van der Waals surface area (Å²) in [6.07, 6.45) is 4.02. The van der Waals surface area contributed by atoms with Crippen LogP contribution in [0.5, 0.6) is 0 Å². The van der Waals surface area contributed by atoms with Gasteiger partial charge in [0.1, 0.15) is 5.82 Å². The summed E-state index contributed by atoms with van der Waals surface area (Å²) >= 11 is 0. The van der Waals surface area contributed by atoms with E-state index < -0.39 is 0 Å². The Bertz CT molecular complexity index is 243. The van der Waals surface area contributed by atoms with Gasteiger partial charge in [-0.25, -0.2) is 4.98 Å². The van der Waals surface area contributed by atoms with Gasteiger partial charge in [0.05, 0.1) is 0 Å². The van der Waals surface area contributed by atoms with Gasteiger partial charge in [-0.05, 0) is 30.5 Å². The molecule has 0 aromatic carbocycles. The maximum Gasteiger partial charge on any atom is 0.126 e. The summed E-state index contributed by atoms with van der Waals surface area (Å²) in [6.45, 7) is 4.18. The molecule has 0 bridgehead atoms. The second kappa shape index (κ2) is 3.37. The number of hydrogen-bond donors (Lipinski definition) is 1. The number of aromatic nitrogens is 1. The SMILES string of the molecule is CCCc1ccnc(N)c1C. The Hall–Kier alpha value is -1.05. The summed E-state index contributed by atoms with van der Waals surface area (Å²) in [6, 6.07) is 2.04. The summed E-state index contributed by atoms with van der Waals surface area (Å²) in [5.41, 5.74) is 8.09. The third kappa shape index (κ3) is 1.70. The first-order valence-electron chi connectivity index (χ1n) is 3.95. The molecule has 2 nitrogen and oxygen atoms in total. The maximum absolute atomic E-state index is 5.64. The zero-order valence-corrected chi connectivity index (χ0v) is 7.09. The lowest BCUT2D eigenvalue weighted by Crippen LogP contribution is -1.97. The van der Waals surface area contributed by atoms with Crippen LogP contribution in [0.2, 0.25) is 0 Å². The van der Waals surface area contributed by atoms with Crippen LogP contribution < -0.4 is 5.73 Å². The van der Waals surface area contributed by atoms with E-state index in [0.29, 0.717) is 5.82 Å². The van der Waals surface area contributed by atoms with Gasteiger partial charge in [0.15, 0.2) is 0 Å². The average molecular weight is 150 g/mol. The van der Waals surface area contributed by atoms with E-state index >= 15 is 0 Å². The van der Waals surface area contributed by atoms with Crippen molar-refractivity contribution in [3.05, 3.63) is 23.4 Å². The van der Waals surface area contributed by atoms with Gasteiger partial charge in [0.2, 0.25) is 0 Å². The molecule has 2 heteroatoms. The minimum absolute atomic E-state index is 0.663. The van der Waals surface area contributed by atoms with Crippen LogP contribution >= 0.6 is 0 Å². The number of nitrogen functional groups attached to an aromatic ring is 1. The predicted molar refractivity (Wildman–Crippen MR) is 47.4 cm³/mol. The van der Waals surface area contributed by atoms with Gasteiger partial charge in [-0.1, -0.05) is 13.3 Å². The Morgan fingerprint density at radius 2 is 2.27 bits per heavy atom. The monoisotopic (exact) mass is 150 g/mol. The molecule has 0 spiro atoms. The largest absolute Gasteiger partial charge is 0.383 e. The van der Waals surface area contributed by atoms with E-state index in [-0.39, 0.29) is 0 Å². The Labute approximate surface area is 67.5 Å². The van der Waals surface area contributed by atoms with Crippen LogP contribution in [0.25, 0.3) is 0 Å². The average Bonchev–Trinajstić information content (AvgIpc) is 1.99. The molecule has 0 unspecified atom stereocenters. The van der Waals surface area contributed by atoms with Gasteiger partial charge in [0, 0.05) is 6.20 Å². The molecule has 0 aliphatic rings. The standard InChI is InChI=1S/C9H14N2/c1-3-4-8-5-6-11-9(10)7(8)2/h5-6H,3-4H2,1-2H3,(H2,10,11). The summed E-state index contributed by atoms with van der Waals surface area (Å²) in [7, 11) is 0. The summed E-state index contributed by atoms with van der Waals surface area (Å²) in [5.74, 6) is 0.663. The van der Waals surface area contributed by atoms with Crippen LogP contribution in [0.3, 0.4) is 0 Å². The molecule has 1 heterocycles. The molecular weight excluding hydrogens is 136 g/mol. The zero-order chi connectivity index (χ0) is 8.27. The van der Waals surface area contributed by atoms with Crippen molar-refractivity contribution in [3.63, 3.8) is 0 Å². The molecule has 1 aromatic rings. The summed E-state index contributed by atoms with van der Waals surface area (Å²) < 4.78 is 0. The highest BCUT2D eigenvalue weighted by molar-refractivity contribution is 5.42. The topological polar surface area (TPSA) is 38.9 Å². The Morgan fingerprint density at radius 3 is 2.91 bits per heavy atom. The van der Waals surface area contributed by atoms with E-state index in [1.165, 1.54) is 5.56 Å². The first-order chi connectivity index (χ1) is 5.25. The molecule has 60 valence electrons. The molecule has 1 rings (SSSR count). The molecule has 0 radical (unpaired) electrons. The van der Waals surface area contributed by atoms with E-state index in [4.69, 9.17) is 5.73 Å². The molecule has 1 aromatic heterocycles. The smallest absolute Gasteiger partial charge is 0.126 e. The fourth-order valence-corrected chi connectivity index (χ4v) is 1.13. The number of rotatable bonds is 2. The van der Waals surface area contributed by atoms with Crippen LogP contribution in [0.4, 0.5) is 5.82 Å². The molecule has 0 amide bonds. The lowest BCUT2D eigenvalue weighted by atomic mass is 10.1. The Morgan fingerprint density at radius 1 is 1.55 bits per heavy atom. The van der Waals surface area contributed by atoms with Crippen molar-refractivity contribution in [2.24, 2.45) is 0 Å². The van der Waals surface area contributed by atoms with Gasteiger partial charge >= 0.3 is 0 Å². The van der Waals surface area contributed by atoms with Crippen molar-refractivity contribution in [2.75, 3.05) is 5.73 Å². The van der Waals surface area contributed by atoms with Gasteiger partial charge in [0.25, 0.3) is 0 Å². The number of hydrogen-bond acceptors (Lipinski definition) is 2. The lowest BCUT2D eigenvalue weighted by molar-refractivity contribution is 0.909. The molecule has 0 atom stereocenters. The van der Waals surface area contributed by atoms with E-state index in [9.17, 15) is 0 Å². The molecule has 0 saturated carbocycles. The van der Waals surface area contributed by atoms with E-state index in [1.54, 1.807) is 6.20 Å². The fourth-order valence-electron chi connectivity index (χ4n) is 1.13. The van der Waals surface area contributed by atoms with Crippen LogP contribution in [-0.2, 0) is 6.42 Å². The summed E-state index contributed by atoms with van der Waals surface area (Å²) in [4.78, 5) is 4.00. The van der Waals surface area contributed by atoms with Crippen molar-refractivity contribution in [2.45, 2.75) is 26.7 Å². The van der Waals surface area contributed by atoms with Crippen LogP contribution in [0.1, 0.15) is 24.5 Å². The Kier molecular flexibility index (Phi) is 2.47. The molecule has 11 heavy (non-hydrogen) atoms. The van der Waals surface area contributed by atoms with Crippen molar-refractivity contribution in [1.82, 2.24) is 4.98 Å². The second-order valence-corrected chi connectivity index (χ2v) is 2.73. The highest BCUT2D eigenvalue weighted by atomic mass is 14.8. The van der Waals surface area contributed by atoms with Crippen molar-refractivity contribution >= 4 is 5.82 Å². The highest BCUT2D eigenvalue weighted by Crippen LogP contribution is 2.13. The summed E-state index contributed by atoms with van der Waals surface area (Å²) in [5, 5.41) is 0. The second-order valence-electron chi connectivity index (χ2n) is 2.73. The highest BCUT2D eigenvalue weighted by Gasteiger charge is 1.99. The molecule has 0 aliphatic carbocycles. The molecule has 0 saturated heterocycles. The first-order valence-corrected chi connectivity index (χ1v) is 3.95. The molecule has 2 N–H and O–H groups in total. The number of nitrogens with zero attached hydrogens (tertiary/aromatic N) is 1. The van der Waals surface area contributed by atoms with Gasteiger partial charge in [-0.15, -0.1) is 0 Å². The fraction of sp³-hybridized carbons (Fsp3) is 0.444. The first kappa shape index (κ1) is 8.05. The lowest BCUT2D eigenvalue weighted by Gasteiger charge is -2.04. The van der Waals surface area contributed by atoms with Gasteiger partial charge < -0.3 is 5.73 Å². The molecular formula is C9H14N2. The minimum Gasteiger partial charge on any atom is -0.383 e. The third-order valence-corrected chi connectivity index (χ3v) is 1.87. The van der Waals surface area contributed by atoms with Crippen molar-refractivity contribution in [1.29, 1.82) is 0 Å². The van der Waals surface area contributed by atoms with Crippen LogP contribution in [-0.4, -0.2) is 4.98 Å². The number of pyridine rings is 1. The van der Waals surface area contributed by atoms with E-state index in [1.807, 2.05) is 13.0 Å². The molecule has 0 fully saturated rings. The number of anilines is 1. The van der Waals surface area contributed by atoms with Gasteiger partial charge in [-0.2, -0.15) is 0 Å². The zero-order valence-electron chi connectivity index (χ0n) is 7.09. The van der Waals surface area contributed by atoms with E-state index in [2.05, 4.69) is 11.9 Å². The van der Waals surface area contributed by atoms with Crippen molar-refractivity contribution < 1.29 is 0 Å². The van der Waals surface area contributed by atoms with E-state index in [0.717, 1.165) is 18.4 Å². The molecule has 0 aliphatic heterocycles. The quantitative estimate of drug-likeness (QED) is 0.699. The normalized spacial score (nSPS) is 10.0. The predicted octanol–water partition coefficient (Wildman–Crippen LogP) is 1.92. The maximum atomic E-state index is 5.64. The van der Waals surface area contributed by atoms with Crippen LogP contribution in [0, 0.1) is 6.92 Å². The Balaban J connectivity index is 2.96. The number of aryl methyl sites for hydroxylation is 1. The van der Waals surface area contributed by atoms with Crippen molar-refractivity contribution in [3.8, 4) is 0 Å². The number of nitrogens with two attached hydrogens (primary N) is 1. The van der Waals surface area contributed by atoms with Gasteiger partial charge in [-0.3, -0.25) is 0 Å². The van der Waals surface area contributed by atoms with Crippen LogP contribution in [0.15, 0.2) is 12.3 Å². The minimum atomic E-state index is 0.663.